The molecule has 0 amide bonds. The van der Waals surface area contributed by atoms with E-state index in [4.69, 9.17) is 10.00 Å². The largest absolute Gasteiger partial charge is 0.496 e. The maximum absolute atomic E-state index is 12.6. The molecule has 0 N–H and O–H groups in total. The normalized spacial score (nSPS) is 10.9. The molecule has 2 aromatic rings. The van der Waals surface area contributed by atoms with E-state index < -0.39 is 11.7 Å². The Morgan fingerprint density at radius 3 is 2.55 bits per heavy atom. The first-order chi connectivity index (χ1) is 9.45. The summed E-state index contributed by atoms with van der Waals surface area (Å²) in [5.41, 5.74) is -0.00821. The second-order valence-corrected chi connectivity index (χ2v) is 3.81. The Morgan fingerprint density at radius 2 is 1.95 bits per heavy atom. The van der Waals surface area contributed by atoms with Gasteiger partial charge in [-0.25, -0.2) is 9.97 Å². The predicted octanol–water partition coefficient (Wildman–Crippen LogP) is 3.04. The van der Waals surface area contributed by atoms with E-state index in [0.717, 1.165) is 12.1 Å². The summed E-state index contributed by atoms with van der Waals surface area (Å²) >= 11 is 0. The van der Waals surface area contributed by atoms with Gasteiger partial charge in [0, 0.05) is 11.6 Å². The number of rotatable bonds is 2. The monoisotopic (exact) mass is 279 g/mol. The van der Waals surface area contributed by atoms with Crippen molar-refractivity contribution in [2.45, 2.75) is 6.18 Å². The molecule has 0 bridgehead atoms. The molecular weight excluding hydrogens is 271 g/mol. The summed E-state index contributed by atoms with van der Waals surface area (Å²) in [4.78, 5) is 7.64. The van der Waals surface area contributed by atoms with Crippen molar-refractivity contribution < 1.29 is 17.9 Å². The number of halogens is 3. The standard InChI is InChI=1S/C13H8F3N3O/c1-20-12-4-8(13(14,15)16)2-3-10(12)11-5-9(6-17)18-7-19-11/h2-5,7H,1H3. The number of hydrogen-bond donors (Lipinski definition) is 0. The molecule has 4 nitrogen and oxygen atoms in total. The zero-order chi connectivity index (χ0) is 14.8. The number of ether oxygens (including phenoxy) is 1. The molecule has 0 unspecified atom stereocenters. The fourth-order valence-electron chi connectivity index (χ4n) is 1.64. The van der Waals surface area contributed by atoms with Crippen LogP contribution in [0.4, 0.5) is 13.2 Å². The highest BCUT2D eigenvalue weighted by Crippen LogP contribution is 2.36. The van der Waals surface area contributed by atoms with Crippen LogP contribution in [0.25, 0.3) is 11.3 Å². The fourth-order valence-corrected chi connectivity index (χ4v) is 1.64. The van der Waals surface area contributed by atoms with Crippen LogP contribution in [0.2, 0.25) is 0 Å². The van der Waals surface area contributed by atoms with Crippen molar-refractivity contribution in [3.8, 4) is 23.1 Å². The minimum Gasteiger partial charge on any atom is -0.496 e. The molecule has 0 aliphatic carbocycles. The van der Waals surface area contributed by atoms with E-state index in [0.29, 0.717) is 11.3 Å². The molecule has 0 saturated heterocycles. The van der Waals surface area contributed by atoms with E-state index in [9.17, 15) is 13.2 Å². The minimum absolute atomic E-state index is 0.0300. The molecule has 0 aliphatic heterocycles. The summed E-state index contributed by atoms with van der Waals surface area (Å²) in [5, 5.41) is 8.77. The number of benzene rings is 1. The highest BCUT2D eigenvalue weighted by atomic mass is 19.4. The van der Waals surface area contributed by atoms with E-state index in [1.807, 2.05) is 6.07 Å². The lowest BCUT2D eigenvalue weighted by Crippen LogP contribution is -2.05. The van der Waals surface area contributed by atoms with Crippen molar-refractivity contribution in [1.82, 2.24) is 9.97 Å². The topological polar surface area (TPSA) is 58.8 Å². The van der Waals surface area contributed by atoms with Gasteiger partial charge in [0.2, 0.25) is 0 Å². The zero-order valence-electron chi connectivity index (χ0n) is 10.3. The average molecular weight is 279 g/mol. The summed E-state index contributed by atoms with van der Waals surface area (Å²) in [6.45, 7) is 0. The predicted molar refractivity (Wildman–Crippen MR) is 63.7 cm³/mol. The molecular formula is C13H8F3N3O. The van der Waals surface area contributed by atoms with Crippen LogP contribution in [-0.2, 0) is 6.18 Å². The fraction of sp³-hybridized carbons (Fsp3) is 0.154. The second kappa shape index (κ2) is 5.17. The van der Waals surface area contributed by atoms with Crippen LogP contribution in [0.3, 0.4) is 0 Å². The molecule has 0 saturated carbocycles. The van der Waals surface area contributed by atoms with Gasteiger partial charge in [-0.15, -0.1) is 0 Å². The van der Waals surface area contributed by atoms with Crippen LogP contribution in [0.5, 0.6) is 5.75 Å². The Morgan fingerprint density at radius 1 is 1.20 bits per heavy atom. The van der Waals surface area contributed by atoms with Crippen molar-refractivity contribution >= 4 is 0 Å². The van der Waals surface area contributed by atoms with Gasteiger partial charge < -0.3 is 4.74 Å². The first-order valence-electron chi connectivity index (χ1n) is 5.43. The highest BCUT2D eigenvalue weighted by molar-refractivity contribution is 5.68. The smallest absolute Gasteiger partial charge is 0.416 e. The Bertz CT molecular complexity index is 677. The number of nitriles is 1. The Hall–Kier alpha value is -2.62. The SMILES string of the molecule is COc1cc(C(F)(F)F)ccc1-c1cc(C#N)ncn1. The van der Waals surface area contributed by atoms with Crippen molar-refractivity contribution in [3.05, 3.63) is 41.9 Å². The molecule has 1 heterocycles. The van der Waals surface area contributed by atoms with Gasteiger partial charge in [0.15, 0.2) is 0 Å². The van der Waals surface area contributed by atoms with Crippen molar-refractivity contribution in [3.63, 3.8) is 0 Å². The Balaban J connectivity index is 2.55. The summed E-state index contributed by atoms with van der Waals surface area (Å²) in [5.74, 6) is 0.0300. The maximum atomic E-state index is 12.6. The molecule has 0 atom stereocenters. The van der Waals surface area contributed by atoms with E-state index in [1.165, 1.54) is 25.6 Å². The van der Waals surface area contributed by atoms with Crippen molar-refractivity contribution in [2.75, 3.05) is 7.11 Å². The van der Waals surface area contributed by atoms with Crippen LogP contribution in [0.15, 0.2) is 30.6 Å². The number of methoxy groups -OCH3 is 1. The third kappa shape index (κ3) is 2.69. The molecule has 0 spiro atoms. The Labute approximate surface area is 112 Å². The van der Waals surface area contributed by atoms with Crippen LogP contribution in [-0.4, -0.2) is 17.1 Å². The summed E-state index contributed by atoms with van der Waals surface area (Å²) in [7, 11) is 1.27. The van der Waals surface area contributed by atoms with Crippen LogP contribution in [0.1, 0.15) is 11.3 Å². The van der Waals surface area contributed by atoms with E-state index in [-0.39, 0.29) is 11.4 Å². The lowest BCUT2D eigenvalue weighted by Gasteiger charge is -2.12. The summed E-state index contributed by atoms with van der Waals surface area (Å²) < 4.78 is 42.9. The van der Waals surface area contributed by atoms with Gasteiger partial charge in [0.25, 0.3) is 0 Å². The second-order valence-electron chi connectivity index (χ2n) is 3.81. The van der Waals surface area contributed by atoms with Gasteiger partial charge in [-0.3, -0.25) is 0 Å². The van der Waals surface area contributed by atoms with Crippen LogP contribution in [0, 0.1) is 11.3 Å². The van der Waals surface area contributed by atoms with E-state index in [1.54, 1.807) is 0 Å². The number of alkyl halides is 3. The van der Waals surface area contributed by atoms with Gasteiger partial charge in [-0.05, 0) is 18.2 Å². The van der Waals surface area contributed by atoms with Gasteiger partial charge in [-0.1, -0.05) is 0 Å². The van der Waals surface area contributed by atoms with Gasteiger partial charge in [-0.2, -0.15) is 18.4 Å². The molecule has 0 fully saturated rings. The minimum atomic E-state index is -4.45. The lowest BCUT2D eigenvalue weighted by molar-refractivity contribution is -0.137. The average Bonchev–Trinajstić information content (AvgIpc) is 2.45. The maximum Gasteiger partial charge on any atom is 0.416 e. The third-order valence-corrected chi connectivity index (χ3v) is 2.59. The number of hydrogen-bond acceptors (Lipinski definition) is 4. The van der Waals surface area contributed by atoms with Crippen molar-refractivity contribution in [2.24, 2.45) is 0 Å². The zero-order valence-corrected chi connectivity index (χ0v) is 10.3. The van der Waals surface area contributed by atoms with Crippen LogP contribution < -0.4 is 4.74 Å². The molecule has 0 radical (unpaired) electrons. The Kier molecular flexibility index (Phi) is 3.57. The molecule has 20 heavy (non-hydrogen) atoms. The first kappa shape index (κ1) is 13.8. The molecule has 1 aromatic carbocycles. The molecule has 0 aliphatic rings. The molecule has 102 valence electrons. The number of nitrogens with zero attached hydrogens (tertiary/aromatic N) is 3. The van der Waals surface area contributed by atoms with Gasteiger partial charge in [0.1, 0.15) is 23.8 Å². The summed E-state index contributed by atoms with van der Waals surface area (Å²) in [6.07, 6.45) is -3.28. The quantitative estimate of drug-likeness (QED) is 0.847. The van der Waals surface area contributed by atoms with Gasteiger partial charge in [0.05, 0.1) is 18.4 Å². The van der Waals surface area contributed by atoms with Gasteiger partial charge >= 0.3 is 6.18 Å². The highest BCUT2D eigenvalue weighted by Gasteiger charge is 2.31. The van der Waals surface area contributed by atoms with Crippen molar-refractivity contribution in [1.29, 1.82) is 5.26 Å². The van der Waals surface area contributed by atoms with E-state index in [2.05, 4.69) is 9.97 Å². The molecule has 1 aromatic heterocycles. The van der Waals surface area contributed by atoms with E-state index >= 15 is 0 Å². The van der Waals surface area contributed by atoms with Crippen LogP contribution >= 0.6 is 0 Å². The first-order valence-corrected chi connectivity index (χ1v) is 5.43. The third-order valence-electron chi connectivity index (χ3n) is 2.59. The molecule has 7 heteroatoms. The number of aromatic nitrogens is 2. The lowest BCUT2D eigenvalue weighted by atomic mass is 10.1. The molecule has 2 rings (SSSR count). The summed E-state index contributed by atoms with van der Waals surface area (Å²) in [6, 6.07) is 6.30.